The number of ether oxygens (including phenoxy) is 2. The monoisotopic (exact) mass is 355 g/mol. The van der Waals surface area contributed by atoms with Crippen LogP contribution in [0.15, 0.2) is 16.6 Å². The van der Waals surface area contributed by atoms with Crippen LogP contribution in [0.1, 0.15) is 18.1 Å². The highest BCUT2D eigenvalue weighted by Gasteiger charge is 2.30. The molecule has 0 aromatic heterocycles. The molecule has 0 saturated heterocycles. The predicted octanol–water partition coefficient (Wildman–Crippen LogP) is 1.85. The van der Waals surface area contributed by atoms with Gasteiger partial charge in [0.05, 0.1) is 17.0 Å². The van der Waals surface area contributed by atoms with Crippen molar-refractivity contribution < 1.29 is 19.1 Å². The summed E-state index contributed by atoms with van der Waals surface area (Å²) in [6, 6.07) is 3.76. The summed E-state index contributed by atoms with van der Waals surface area (Å²) < 4.78 is 11.4. The molecule has 2 rings (SSSR count). The van der Waals surface area contributed by atoms with Crippen LogP contribution >= 0.6 is 15.9 Å². The summed E-state index contributed by atoms with van der Waals surface area (Å²) >= 11 is 3.51. The predicted molar refractivity (Wildman–Crippen MR) is 81.2 cm³/mol. The minimum atomic E-state index is -0.188. The van der Waals surface area contributed by atoms with Gasteiger partial charge in [0.1, 0.15) is 5.75 Å². The first-order valence-electron chi connectivity index (χ1n) is 6.87. The molecule has 0 spiro atoms. The van der Waals surface area contributed by atoms with Crippen molar-refractivity contribution in [3.05, 3.63) is 27.7 Å². The molecule has 0 aliphatic heterocycles. The van der Waals surface area contributed by atoms with Crippen LogP contribution in [0.4, 0.5) is 0 Å². The summed E-state index contributed by atoms with van der Waals surface area (Å²) in [5, 5.41) is 2.50. The van der Waals surface area contributed by atoms with Gasteiger partial charge in [0.25, 0.3) is 5.91 Å². The normalized spacial score (nSPS) is 16.2. The van der Waals surface area contributed by atoms with Gasteiger partial charge in [0, 0.05) is 7.05 Å². The van der Waals surface area contributed by atoms with Gasteiger partial charge in [-0.1, -0.05) is 6.07 Å². The van der Waals surface area contributed by atoms with Crippen molar-refractivity contribution in [1.82, 2.24) is 5.32 Å². The van der Waals surface area contributed by atoms with Gasteiger partial charge in [-0.2, -0.15) is 0 Å². The van der Waals surface area contributed by atoms with Crippen molar-refractivity contribution in [3.8, 4) is 5.75 Å². The van der Waals surface area contributed by atoms with Crippen LogP contribution < -0.4 is 10.1 Å². The fourth-order valence-corrected chi connectivity index (χ4v) is 3.05. The first-order valence-corrected chi connectivity index (χ1v) is 7.66. The third-order valence-electron chi connectivity index (χ3n) is 3.48. The number of carbonyl (C=O) groups is 2. The van der Waals surface area contributed by atoms with Crippen molar-refractivity contribution in [2.45, 2.75) is 19.8 Å². The minimum Gasteiger partial charge on any atom is -0.483 e. The zero-order valence-electron chi connectivity index (χ0n) is 12.1. The molecule has 1 aromatic rings. The molecule has 0 saturated carbocycles. The van der Waals surface area contributed by atoms with Gasteiger partial charge in [0.2, 0.25) is 0 Å². The number of hydrogen-bond donors (Lipinski definition) is 1. The number of hydrogen-bond acceptors (Lipinski definition) is 4. The fourth-order valence-electron chi connectivity index (χ4n) is 2.39. The van der Waals surface area contributed by atoms with E-state index < -0.39 is 0 Å². The van der Waals surface area contributed by atoms with Gasteiger partial charge >= 0.3 is 5.97 Å². The van der Waals surface area contributed by atoms with Crippen LogP contribution in [0.3, 0.4) is 0 Å². The molecule has 0 bridgehead atoms. The van der Waals surface area contributed by atoms with E-state index in [9.17, 15) is 9.59 Å². The number of amides is 1. The molecule has 1 unspecified atom stereocenters. The Morgan fingerprint density at radius 3 is 2.81 bits per heavy atom. The van der Waals surface area contributed by atoms with Crippen molar-refractivity contribution in [2.24, 2.45) is 5.92 Å². The molecular formula is C15H18BrNO4. The standard InChI is InChI=1S/C15H18BrNO4/c1-3-20-15(19)10-6-9-4-5-12(14(16)11(9)7-10)21-8-13(18)17-2/h4-5,10H,3,6-8H2,1-2H3,(H,17,18). The summed E-state index contributed by atoms with van der Waals surface area (Å²) in [7, 11) is 1.56. The fraction of sp³-hybridized carbons (Fsp3) is 0.467. The van der Waals surface area contributed by atoms with Crippen LogP contribution in [0.2, 0.25) is 0 Å². The lowest BCUT2D eigenvalue weighted by Gasteiger charge is -2.10. The third kappa shape index (κ3) is 3.56. The molecule has 0 radical (unpaired) electrons. The van der Waals surface area contributed by atoms with E-state index in [1.165, 1.54) is 0 Å². The summed E-state index contributed by atoms with van der Waals surface area (Å²) in [6.45, 7) is 2.17. The Morgan fingerprint density at radius 1 is 1.38 bits per heavy atom. The molecule has 1 amide bonds. The van der Waals surface area contributed by atoms with Crippen LogP contribution in [0.25, 0.3) is 0 Å². The number of carbonyl (C=O) groups excluding carboxylic acids is 2. The summed E-state index contributed by atoms with van der Waals surface area (Å²) in [6.07, 6.45) is 1.31. The van der Waals surface area contributed by atoms with Gasteiger partial charge in [0.15, 0.2) is 6.61 Å². The zero-order valence-corrected chi connectivity index (χ0v) is 13.7. The topological polar surface area (TPSA) is 64.6 Å². The summed E-state index contributed by atoms with van der Waals surface area (Å²) in [5.74, 6) is 0.132. The molecular weight excluding hydrogens is 338 g/mol. The van der Waals surface area contributed by atoms with Gasteiger partial charge in [-0.25, -0.2) is 0 Å². The SMILES string of the molecule is CCOC(=O)C1Cc2ccc(OCC(=O)NC)c(Br)c2C1. The largest absolute Gasteiger partial charge is 0.483 e. The Morgan fingerprint density at radius 2 is 2.14 bits per heavy atom. The minimum absolute atomic E-state index is 0.0325. The molecule has 1 N–H and O–H groups in total. The molecule has 21 heavy (non-hydrogen) atoms. The number of halogens is 1. The number of fused-ring (bicyclic) bond motifs is 1. The Kier molecular flexibility index (Phi) is 5.22. The average Bonchev–Trinajstić information content (AvgIpc) is 2.91. The van der Waals surface area contributed by atoms with Crippen LogP contribution in [0.5, 0.6) is 5.75 Å². The molecule has 5 nitrogen and oxygen atoms in total. The molecule has 6 heteroatoms. The molecule has 1 aliphatic carbocycles. The summed E-state index contributed by atoms with van der Waals surface area (Å²) in [4.78, 5) is 23.1. The van der Waals surface area contributed by atoms with E-state index in [1.807, 2.05) is 12.1 Å². The highest BCUT2D eigenvalue weighted by atomic mass is 79.9. The molecule has 0 heterocycles. The van der Waals surface area contributed by atoms with Gasteiger partial charge in [-0.15, -0.1) is 0 Å². The maximum absolute atomic E-state index is 11.8. The maximum atomic E-state index is 11.8. The molecule has 114 valence electrons. The van der Waals surface area contributed by atoms with Crippen molar-refractivity contribution in [2.75, 3.05) is 20.3 Å². The average molecular weight is 356 g/mol. The van der Waals surface area contributed by atoms with Crippen molar-refractivity contribution in [1.29, 1.82) is 0 Å². The lowest BCUT2D eigenvalue weighted by atomic mass is 10.1. The molecule has 0 fully saturated rings. The smallest absolute Gasteiger partial charge is 0.309 e. The first-order chi connectivity index (χ1) is 10.1. The van der Waals surface area contributed by atoms with Crippen LogP contribution in [-0.2, 0) is 27.2 Å². The second-order valence-corrected chi connectivity index (χ2v) is 5.63. The van der Waals surface area contributed by atoms with Crippen molar-refractivity contribution in [3.63, 3.8) is 0 Å². The quantitative estimate of drug-likeness (QED) is 0.818. The maximum Gasteiger partial charge on any atom is 0.309 e. The van der Waals surface area contributed by atoms with E-state index in [2.05, 4.69) is 21.2 Å². The number of likely N-dealkylation sites (N-methyl/N-ethyl adjacent to an activating group) is 1. The van der Waals surface area contributed by atoms with Crippen molar-refractivity contribution >= 4 is 27.8 Å². The van der Waals surface area contributed by atoms with E-state index in [0.29, 0.717) is 25.2 Å². The second kappa shape index (κ2) is 6.93. The summed E-state index contributed by atoms with van der Waals surface area (Å²) in [5.41, 5.74) is 2.18. The Hall–Kier alpha value is -1.56. The van der Waals surface area contributed by atoms with Gasteiger partial charge in [-0.05, 0) is 52.9 Å². The molecule has 1 aromatic carbocycles. The molecule has 1 aliphatic rings. The van der Waals surface area contributed by atoms with E-state index in [-0.39, 0.29) is 24.4 Å². The van der Waals surface area contributed by atoms with E-state index in [4.69, 9.17) is 9.47 Å². The molecule has 1 atom stereocenters. The Balaban J connectivity index is 2.10. The second-order valence-electron chi connectivity index (χ2n) is 4.83. The van der Waals surface area contributed by atoms with Crippen LogP contribution in [-0.4, -0.2) is 32.1 Å². The van der Waals surface area contributed by atoms with Gasteiger partial charge in [-0.3, -0.25) is 9.59 Å². The lowest BCUT2D eigenvalue weighted by Crippen LogP contribution is -2.24. The lowest BCUT2D eigenvalue weighted by molar-refractivity contribution is -0.147. The van der Waals surface area contributed by atoms with Gasteiger partial charge < -0.3 is 14.8 Å². The van der Waals surface area contributed by atoms with E-state index in [0.717, 1.165) is 15.6 Å². The number of nitrogens with one attached hydrogen (secondary N) is 1. The Labute approximate surface area is 132 Å². The highest BCUT2D eigenvalue weighted by Crippen LogP contribution is 2.38. The number of rotatable bonds is 5. The van der Waals surface area contributed by atoms with E-state index >= 15 is 0 Å². The zero-order chi connectivity index (χ0) is 15.4. The third-order valence-corrected chi connectivity index (χ3v) is 4.35. The highest BCUT2D eigenvalue weighted by molar-refractivity contribution is 9.10. The Bertz CT molecular complexity index is 559. The first kappa shape index (κ1) is 15.8. The van der Waals surface area contributed by atoms with E-state index in [1.54, 1.807) is 14.0 Å². The number of benzene rings is 1. The number of esters is 1. The van der Waals surface area contributed by atoms with Crippen LogP contribution in [0, 0.1) is 5.92 Å².